The van der Waals surface area contributed by atoms with Crippen molar-refractivity contribution >= 4 is 22.5 Å². The molecule has 0 bridgehead atoms. The van der Waals surface area contributed by atoms with Crippen LogP contribution in [0, 0.1) is 12.7 Å². The maximum Gasteiger partial charge on any atom is 0.256 e. The van der Waals surface area contributed by atoms with Gasteiger partial charge >= 0.3 is 0 Å². The molecule has 132 valence electrons. The van der Waals surface area contributed by atoms with Gasteiger partial charge in [-0.05, 0) is 48.9 Å². The molecule has 4 rings (SSSR count). The van der Waals surface area contributed by atoms with Crippen LogP contribution in [0.1, 0.15) is 15.9 Å². The number of aromatic nitrogens is 2. The van der Waals surface area contributed by atoms with Gasteiger partial charge in [0.25, 0.3) is 5.91 Å². The molecule has 2 heterocycles. The highest BCUT2D eigenvalue weighted by atomic mass is 19.1. The number of fused-ring (bicyclic) bond motifs is 1. The summed E-state index contributed by atoms with van der Waals surface area (Å²) in [5.74, 6) is -0.858. The number of hydrogen-bond acceptors (Lipinski definition) is 3. The zero-order valence-electron chi connectivity index (χ0n) is 14.6. The molecule has 0 spiro atoms. The van der Waals surface area contributed by atoms with Crippen LogP contribution in [0.2, 0.25) is 0 Å². The van der Waals surface area contributed by atoms with E-state index in [0.717, 1.165) is 11.1 Å². The Morgan fingerprint density at radius 1 is 1.04 bits per heavy atom. The van der Waals surface area contributed by atoms with Gasteiger partial charge < -0.3 is 5.32 Å². The lowest BCUT2D eigenvalue weighted by Gasteiger charge is -2.11. The second-order valence-electron chi connectivity index (χ2n) is 6.25. The van der Waals surface area contributed by atoms with Crippen molar-refractivity contribution in [3.63, 3.8) is 0 Å². The van der Waals surface area contributed by atoms with Crippen molar-refractivity contribution < 1.29 is 9.18 Å². The van der Waals surface area contributed by atoms with Gasteiger partial charge in [-0.1, -0.05) is 24.3 Å². The van der Waals surface area contributed by atoms with E-state index in [2.05, 4.69) is 15.3 Å². The Balaban J connectivity index is 1.82. The van der Waals surface area contributed by atoms with Crippen molar-refractivity contribution in [2.24, 2.45) is 0 Å². The average Bonchev–Trinajstić information content (AvgIpc) is 2.70. The first-order chi connectivity index (χ1) is 13.1. The smallest absolute Gasteiger partial charge is 0.256 e. The Morgan fingerprint density at radius 3 is 2.70 bits per heavy atom. The molecule has 27 heavy (non-hydrogen) atoms. The monoisotopic (exact) mass is 357 g/mol. The zero-order valence-corrected chi connectivity index (χ0v) is 14.6. The molecule has 0 saturated heterocycles. The van der Waals surface area contributed by atoms with E-state index in [1.807, 2.05) is 43.3 Å². The van der Waals surface area contributed by atoms with Gasteiger partial charge in [0.15, 0.2) is 0 Å². The van der Waals surface area contributed by atoms with E-state index in [-0.39, 0.29) is 11.6 Å². The van der Waals surface area contributed by atoms with Gasteiger partial charge in [0.1, 0.15) is 5.82 Å². The number of amides is 1. The molecule has 5 heteroatoms. The number of anilines is 1. The molecular weight excluding hydrogens is 341 g/mol. The molecule has 0 saturated carbocycles. The average molecular weight is 357 g/mol. The Hall–Kier alpha value is -3.60. The van der Waals surface area contributed by atoms with E-state index in [0.29, 0.717) is 22.2 Å². The van der Waals surface area contributed by atoms with Crippen LogP contribution in [0.5, 0.6) is 0 Å². The third-order valence-corrected chi connectivity index (χ3v) is 4.29. The quantitative estimate of drug-likeness (QED) is 0.561. The molecule has 1 amide bonds. The van der Waals surface area contributed by atoms with Gasteiger partial charge in [-0.3, -0.25) is 9.78 Å². The highest BCUT2D eigenvalue weighted by Crippen LogP contribution is 2.26. The van der Waals surface area contributed by atoms with Crippen molar-refractivity contribution in [2.45, 2.75) is 6.92 Å². The molecule has 1 N–H and O–H groups in total. The number of nitrogens with zero attached hydrogens (tertiary/aromatic N) is 2. The summed E-state index contributed by atoms with van der Waals surface area (Å²) in [7, 11) is 0. The molecule has 0 aliphatic heterocycles. The van der Waals surface area contributed by atoms with Crippen LogP contribution >= 0.6 is 0 Å². The van der Waals surface area contributed by atoms with Gasteiger partial charge in [0.2, 0.25) is 0 Å². The second kappa shape index (κ2) is 6.96. The molecule has 0 atom stereocenters. The standard InChI is InChI=1S/C22H16FN3O/c1-14-8-9-18(23)21(11-14)26-22(27)17-12-20(15-5-4-10-24-13-15)25-19-7-3-2-6-16(17)19/h2-13H,1H3,(H,26,27). The maximum atomic E-state index is 14.1. The third-order valence-electron chi connectivity index (χ3n) is 4.29. The molecule has 2 aromatic carbocycles. The fourth-order valence-corrected chi connectivity index (χ4v) is 2.95. The highest BCUT2D eigenvalue weighted by Gasteiger charge is 2.15. The Bertz CT molecular complexity index is 1140. The van der Waals surface area contributed by atoms with Crippen molar-refractivity contribution in [3.05, 3.63) is 90.0 Å². The van der Waals surface area contributed by atoms with Crippen LogP contribution in [0.15, 0.2) is 73.1 Å². The summed E-state index contributed by atoms with van der Waals surface area (Å²) in [6, 6.07) is 17.4. The summed E-state index contributed by atoms with van der Waals surface area (Å²) in [4.78, 5) is 21.7. The number of benzene rings is 2. The van der Waals surface area contributed by atoms with Crippen LogP contribution in [0.25, 0.3) is 22.2 Å². The number of para-hydroxylation sites is 1. The van der Waals surface area contributed by atoms with E-state index in [1.54, 1.807) is 30.6 Å². The minimum atomic E-state index is -0.472. The fourth-order valence-electron chi connectivity index (χ4n) is 2.95. The summed E-state index contributed by atoms with van der Waals surface area (Å²) in [5, 5.41) is 3.39. The number of nitrogens with one attached hydrogen (secondary N) is 1. The number of carbonyl (C=O) groups is 1. The fraction of sp³-hybridized carbons (Fsp3) is 0.0455. The lowest BCUT2D eigenvalue weighted by molar-refractivity contribution is 0.102. The van der Waals surface area contributed by atoms with Gasteiger partial charge in [-0.15, -0.1) is 0 Å². The molecule has 2 aromatic heterocycles. The number of aryl methyl sites for hydroxylation is 1. The van der Waals surface area contributed by atoms with Crippen LogP contribution in [-0.2, 0) is 0 Å². The number of carbonyl (C=O) groups excluding carboxylic acids is 1. The summed E-state index contributed by atoms with van der Waals surface area (Å²) < 4.78 is 14.1. The van der Waals surface area contributed by atoms with Crippen LogP contribution in [-0.4, -0.2) is 15.9 Å². The SMILES string of the molecule is Cc1ccc(F)c(NC(=O)c2cc(-c3cccnc3)nc3ccccc23)c1. The van der Waals surface area contributed by atoms with Crippen LogP contribution in [0.4, 0.5) is 10.1 Å². The molecular formula is C22H16FN3O. The van der Waals surface area contributed by atoms with Crippen molar-refractivity contribution in [3.8, 4) is 11.3 Å². The zero-order chi connectivity index (χ0) is 18.8. The Labute approximate surface area is 155 Å². The van der Waals surface area contributed by atoms with E-state index in [9.17, 15) is 9.18 Å². The topological polar surface area (TPSA) is 54.9 Å². The Morgan fingerprint density at radius 2 is 1.89 bits per heavy atom. The van der Waals surface area contributed by atoms with Gasteiger partial charge in [-0.2, -0.15) is 0 Å². The summed E-state index contributed by atoms with van der Waals surface area (Å²) in [5.41, 5.74) is 3.58. The lowest BCUT2D eigenvalue weighted by atomic mass is 10.0. The minimum absolute atomic E-state index is 0.156. The number of rotatable bonds is 3. The molecule has 0 aliphatic carbocycles. The first kappa shape index (κ1) is 16.8. The van der Waals surface area contributed by atoms with E-state index >= 15 is 0 Å². The molecule has 4 nitrogen and oxygen atoms in total. The van der Waals surface area contributed by atoms with Gasteiger partial charge in [0.05, 0.1) is 22.5 Å². The van der Waals surface area contributed by atoms with Crippen molar-refractivity contribution in [2.75, 3.05) is 5.32 Å². The first-order valence-corrected chi connectivity index (χ1v) is 8.49. The van der Waals surface area contributed by atoms with Gasteiger partial charge in [-0.25, -0.2) is 9.37 Å². The molecule has 0 aliphatic rings. The van der Waals surface area contributed by atoms with E-state index in [4.69, 9.17) is 0 Å². The molecule has 4 aromatic rings. The van der Waals surface area contributed by atoms with Crippen molar-refractivity contribution in [1.29, 1.82) is 0 Å². The first-order valence-electron chi connectivity index (χ1n) is 8.49. The van der Waals surface area contributed by atoms with E-state index < -0.39 is 5.82 Å². The lowest BCUT2D eigenvalue weighted by Crippen LogP contribution is -2.14. The second-order valence-corrected chi connectivity index (χ2v) is 6.25. The predicted molar refractivity (Wildman–Crippen MR) is 104 cm³/mol. The van der Waals surface area contributed by atoms with Crippen LogP contribution < -0.4 is 5.32 Å². The third kappa shape index (κ3) is 3.40. The highest BCUT2D eigenvalue weighted by molar-refractivity contribution is 6.13. The molecule has 0 radical (unpaired) electrons. The largest absolute Gasteiger partial charge is 0.319 e. The summed E-state index contributed by atoms with van der Waals surface area (Å²) in [6.07, 6.45) is 3.37. The number of hydrogen-bond donors (Lipinski definition) is 1. The minimum Gasteiger partial charge on any atom is -0.319 e. The summed E-state index contributed by atoms with van der Waals surface area (Å²) in [6.45, 7) is 1.84. The Kier molecular flexibility index (Phi) is 4.34. The number of pyridine rings is 2. The molecule has 0 unspecified atom stereocenters. The van der Waals surface area contributed by atoms with E-state index in [1.165, 1.54) is 6.07 Å². The normalized spacial score (nSPS) is 10.7. The number of halogens is 1. The predicted octanol–water partition coefficient (Wildman–Crippen LogP) is 5.00. The maximum absolute atomic E-state index is 14.1. The van der Waals surface area contributed by atoms with Crippen molar-refractivity contribution in [1.82, 2.24) is 9.97 Å². The molecule has 0 fully saturated rings. The summed E-state index contributed by atoms with van der Waals surface area (Å²) >= 11 is 0. The van der Waals surface area contributed by atoms with Gasteiger partial charge in [0, 0.05) is 23.3 Å². The van der Waals surface area contributed by atoms with Crippen LogP contribution in [0.3, 0.4) is 0 Å².